The van der Waals surface area contributed by atoms with Crippen molar-refractivity contribution in [1.82, 2.24) is 5.32 Å². The SMILES string of the molecule is COCC(COCCCNC(C)=O)OC. The highest BCUT2D eigenvalue weighted by Crippen LogP contribution is 1.93. The smallest absolute Gasteiger partial charge is 0.216 e. The molecule has 5 heteroatoms. The van der Waals surface area contributed by atoms with Gasteiger partial charge in [0.05, 0.1) is 13.2 Å². The van der Waals surface area contributed by atoms with E-state index in [1.807, 2.05) is 0 Å². The molecule has 0 fully saturated rings. The topological polar surface area (TPSA) is 56.8 Å². The van der Waals surface area contributed by atoms with Gasteiger partial charge in [-0.05, 0) is 6.42 Å². The van der Waals surface area contributed by atoms with Gasteiger partial charge in [-0.25, -0.2) is 0 Å². The number of amides is 1. The fourth-order valence-corrected chi connectivity index (χ4v) is 1.02. The predicted molar refractivity (Wildman–Crippen MR) is 56.8 cm³/mol. The summed E-state index contributed by atoms with van der Waals surface area (Å²) in [5.74, 6) is -0.0100. The van der Waals surface area contributed by atoms with E-state index in [4.69, 9.17) is 14.2 Å². The Balaban J connectivity index is 3.24. The van der Waals surface area contributed by atoms with E-state index >= 15 is 0 Å². The highest BCUT2D eigenvalue weighted by molar-refractivity contribution is 5.72. The zero-order valence-corrected chi connectivity index (χ0v) is 9.75. The Labute approximate surface area is 91.1 Å². The molecule has 0 aromatic heterocycles. The van der Waals surface area contributed by atoms with Crippen LogP contribution in [0.4, 0.5) is 0 Å². The van der Waals surface area contributed by atoms with E-state index < -0.39 is 0 Å². The Hall–Kier alpha value is -0.650. The minimum absolute atomic E-state index is 0.0100. The zero-order valence-electron chi connectivity index (χ0n) is 9.75. The molecule has 0 aromatic carbocycles. The standard InChI is InChI=1S/C10H21NO4/c1-9(12)11-5-4-6-15-8-10(14-3)7-13-2/h10H,4-8H2,1-3H3,(H,11,12). The number of carbonyl (C=O) groups is 1. The van der Waals surface area contributed by atoms with E-state index in [0.717, 1.165) is 6.42 Å². The van der Waals surface area contributed by atoms with Crippen LogP contribution in [0.3, 0.4) is 0 Å². The molecule has 0 rings (SSSR count). The Morgan fingerprint density at radius 2 is 2.07 bits per heavy atom. The summed E-state index contributed by atoms with van der Waals surface area (Å²) in [6, 6.07) is 0. The minimum Gasteiger partial charge on any atom is -0.382 e. The maximum atomic E-state index is 10.5. The molecule has 1 N–H and O–H groups in total. The first-order valence-corrected chi connectivity index (χ1v) is 5.04. The van der Waals surface area contributed by atoms with Crippen molar-refractivity contribution in [1.29, 1.82) is 0 Å². The van der Waals surface area contributed by atoms with Gasteiger partial charge in [0.2, 0.25) is 5.91 Å². The van der Waals surface area contributed by atoms with Gasteiger partial charge in [-0.1, -0.05) is 0 Å². The van der Waals surface area contributed by atoms with Gasteiger partial charge < -0.3 is 19.5 Å². The predicted octanol–water partition coefficient (Wildman–Crippen LogP) is 0.191. The van der Waals surface area contributed by atoms with Crippen LogP contribution in [0.2, 0.25) is 0 Å². The van der Waals surface area contributed by atoms with Crippen LogP contribution in [-0.4, -0.2) is 52.6 Å². The molecule has 0 saturated carbocycles. The molecule has 0 aliphatic carbocycles. The maximum absolute atomic E-state index is 10.5. The van der Waals surface area contributed by atoms with Crippen LogP contribution in [0, 0.1) is 0 Å². The molecule has 1 atom stereocenters. The average molecular weight is 219 g/mol. The zero-order chi connectivity index (χ0) is 11.5. The van der Waals surface area contributed by atoms with Gasteiger partial charge in [0, 0.05) is 34.3 Å². The number of ether oxygens (including phenoxy) is 3. The normalized spacial score (nSPS) is 12.5. The summed E-state index contributed by atoms with van der Waals surface area (Å²) in [5, 5.41) is 2.70. The number of rotatable bonds is 9. The molecule has 5 nitrogen and oxygen atoms in total. The molecule has 0 aliphatic rings. The lowest BCUT2D eigenvalue weighted by atomic mass is 10.4. The number of carbonyl (C=O) groups excluding carboxylic acids is 1. The van der Waals surface area contributed by atoms with Crippen LogP contribution < -0.4 is 5.32 Å². The van der Waals surface area contributed by atoms with Crippen molar-refractivity contribution < 1.29 is 19.0 Å². The Morgan fingerprint density at radius 3 is 2.60 bits per heavy atom. The van der Waals surface area contributed by atoms with Crippen molar-refractivity contribution in [3.8, 4) is 0 Å². The van der Waals surface area contributed by atoms with Crippen molar-refractivity contribution in [2.24, 2.45) is 0 Å². The van der Waals surface area contributed by atoms with Gasteiger partial charge in [0.15, 0.2) is 0 Å². The third-order valence-electron chi connectivity index (χ3n) is 1.83. The monoisotopic (exact) mass is 219 g/mol. The number of hydrogen-bond acceptors (Lipinski definition) is 4. The number of methoxy groups -OCH3 is 2. The Bertz CT molecular complexity index is 164. The Kier molecular flexibility index (Phi) is 9.46. The number of nitrogens with one attached hydrogen (secondary N) is 1. The van der Waals surface area contributed by atoms with E-state index in [1.165, 1.54) is 6.92 Å². The third-order valence-corrected chi connectivity index (χ3v) is 1.83. The fourth-order valence-electron chi connectivity index (χ4n) is 1.02. The maximum Gasteiger partial charge on any atom is 0.216 e. The summed E-state index contributed by atoms with van der Waals surface area (Å²) in [6.07, 6.45) is 0.791. The largest absolute Gasteiger partial charge is 0.382 e. The van der Waals surface area contributed by atoms with Gasteiger partial charge >= 0.3 is 0 Å². The summed E-state index contributed by atoms with van der Waals surface area (Å²) >= 11 is 0. The van der Waals surface area contributed by atoms with Crippen LogP contribution in [0.1, 0.15) is 13.3 Å². The molecule has 90 valence electrons. The van der Waals surface area contributed by atoms with E-state index in [2.05, 4.69) is 5.32 Å². The molecule has 15 heavy (non-hydrogen) atoms. The summed E-state index contributed by atoms with van der Waals surface area (Å²) in [7, 11) is 3.26. The van der Waals surface area contributed by atoms with Crippen molar-refractivity contribution in [2.45, 2.75) is 19.4 Å². The molecule has 0 aliphatic heterocycles. The van der Waals surface area contributed by atoms with Crippen LogP contribution in [0.5, 0.6) is 0 Å². The molecule has 0 saturated heterocycles. The van der Waals surface area contributed by atoms with Crippen LogP contribution in [-0.2, 0) is 19.0 Å². The van der Waals surface area contributed by atoms with Crippen LogP contribution in [0.15, 0.2) is 0 Å². The summed E-state index contributed by atoms with van der Waals surface area (Å²) in [4.78, 5) is 10.5. The molecule has 0 aromatic rings. The van der Waals surface area contributed by atoms with Crippen molar-refractivity contribution in [2.75, 3.05) is 40.6 Å². The second kappa shape index (κ2) is 9.89. The van der Waals surface area contributed by atoms with Gasteiger partial charge in [-0.3, -0.25) is 4.79 Å². The highest BCUT2D eigenvalue weighted by atomic mass is 16.5. The molecule has 0 radical (unpaired) electrons. The van der Waals surface area contributed by atoms with E-state index in [9.17, 15) is 4.79 Å². The lowest BCUT2D eigenvalue weighted by molar-refractivity contribution is -0.119. The second-order valence-electron chi connectivity index (χ2n) is 3.22. The molecular weight excluding hydrogens is 198 g/mol. The van der Waals surface area contributed by atoms with Gasteiger partial charge in [0.1, 0.15) is 6.10 Å². The minimum atomic E-state index is -0.0178. The van der Waals surface area contributed by atoms with Gasteiger partial charge in [-0.15, -0.1) is 0 Å². The summed E-state index contributed by atoms with van der Waals surface area (Å²) < 4.78 is 15.4. The van der Waals surface area contributed by atoms with Crippen molar-refractivity contribution in [3.05, 3.63) is 0 Å². The van der Waals surface area contributed by atoms with Crippen molar-refractivity contribution >= 4 is 5.91 Å². The second-order valence-corrected chi connectivity index (χ2v) is 3.22. The summed E-state index contributed by atoms with van der Waals surface area (Å²) in [5.41, 5.74) is 0. The van der Waals surface area contributed by atoms with Crippen LogP contribution in [0.25, 0.3) is 0 Å². The fraction of sp³-hybridized carbons (Fsp3) is 0.900. The average Bonchev–Trinajstić information content (AvgIpc) is 2.21. The van der Waals surface area contributed by atoms with E-state index in [0.29, 0.717) is 26.4 Å². The first-order chi connectivity index (χ1) is 7.20. The van der Waals surface area contributed by atoms with E-state index in [-0.39, 0.29) is 12.0 Å². The lowest BCUT2D eigenvalue weighted by Gasteiger charge is -2.14. The first kappa shape index (κ1) is 14.3. The Morgan fingerprint density at radius 1 is 1.33 bits per heavy atom. The summed E-state index contributed by atoms with van der Waals surface area (Å²) in [6.45, 7) is 3.81. The van der Waals surface area contributed by atoms with Crippen LogP contribution >= 0.6 is 0 Å². The quantitative estimate of drug-likeness (QED) is 0.562. The molecule has 0 spiro atoms. The van der Waals surface area contributed by atoms with Gasteiger partial charge in [0.25, 0.3) is 0 Å². The first-order valence-electron chi connectivity index (χ1n) is 5.04. The highest BCUT2D eigenvalue weighted by Gasteiger charge is 2.05. The van der Waals surface area contributed by atoms with Gasteiger partial charge in [-0.2, -0.15) is 0 Å². The van der Waals surface area contributed by atoms with E-state index in [1.54, 1.807) is 14.2 Å². The third kappa shape index (κ3) is 9.65. The molecule has 0 heterocycles. The van der Waals surface area contributed by atoms with Crippen molar-refractivity contribution in [3.63, 3.8) is 0 Å². The molecule has 0 bridgehead atoms. The lowest BCUT2D eigenvalue weighted by Crippen LogP contribution is -2.25. The number of hydrogen-bond donors (Lipinski definition) is 1. The molecular formula is C10H21NO4. The molecule has 1 unspecified atom stereocenters. The molecule has 1 amide bonds.